The Morgan fingerprint density at radius 2 is 2.24 bits per heavy atom. The molecule has 0 radical (unpaired) electrons. The highest BCUT2D eigenvalue weighted by atomic mass is 16.4. The molecular weight excluding hydrogens is 270 g/mol. The highest BCUT2D eigenvalue weighted by Crippen LogP contribution is 2.18. The quantitative estimate of drug-likeness (QED) is 0.745. The molecule has 1 atom stereocenters. The summed E-state index contributed by atoms with van der Waals surface area (Å²) >= 11 is 0. The molecule has 3 heterocycles. The molecule has 7 nitrogen and oxygen atoms in total. The van der Waals surface area contributed by atoms with E-state index in [0.29, 0.717) is 18.0 Å². The zero-order valence-corrected chi connectivity index (χ0v) is 11.5. The summed E-state index contributed by atoms with van der Waals surface area (Å²) in [6.45, 7) is 2.58. The van der Waals surface area contributed by atoms with Gasteiger partial charge in [0.25, 0.3) is 0 Å². The Kier molecular flexibility index (Phi) is 3.31. The normalized spacial score (nSPS) is 12.4. The van der Waals surface area contributed by atoms with Crippen LogP contribution in [0.15, 0.2) is 42.9 Å². The van der Waals surface area contributed by atoms with Gasteiger partial charge in [-0.05, 0) is 25.1 Å². The first-order chi connectivity index (χ1) is 10.1. The molecule has 0 spiro atoms. The SMILES string of the molecule is CC(Cn1cccn1)Nc1nc2ccccn2c1C(=O)O. The number of nitrogens with one attached hydrogen (secondary N) is 1. The lowest BCUT2D eigenvalue weighted by Gasteiger charge is -2.13. The van der Waals surface area contributed by atoms with Crippen molar-refractivity contribution in [1.29, 1.82) is 0 Å². The number of rotatable bonds is 5. The first-order valence-corrected chi connectivity index (χ1v) is 6.59. The molecular formula is C14H15N5O2. The van der Waals surface area contributed by atoms with Gasteiger partial charge in [0.05, 0.1) is 6.54 Å². The van der Waals surface area contributed by atoms with Crippen LogP contribution in [0.1, 0.15) is 17.4 Å². The molecule has 7 heteroatoms. The van der Waals surface area contributed by atoms with Crippen molar-refractivity contribution in [2.75, 3.05) is 5.32 Å². The van der Waals surface area contributed by atoms with Gasteiger partial charge >= 0.3 is 5.97 Å². The fourth-order valence-electron chi connectivity index (χ4n) is 2.27. The Labute approximate surface area is 120 Å². The number of carbonyl (C=O) groups is 1. The summed E-state index contributed by atoms with van der Waals surface area (Å²) in [5, 5.41) is 16.7. The molecule has 0 fully saturated rings. The van der Waals surface area contributed by atoms with Crippen molar-refractivity contribution in [3.8, 4) is 0 Å². The first kappa shape index (κ1) is 13.2. The molecule has 0 saturated heterocycles. The molecule has 3 rings (SSSR count). The lowest BCUT2D eigenvalue weighted by molar-refractivity contribution is 0.0690. The molecule has 3 aromatic heterocycles. The average molecular weight is 285 g/mol. The zero-order chi connectivity index (χ0) is 14.8. The maximum Gasteiger partial charge on any atom is 0.356 e. The largest absolute Gasteiger partial charge is 0.476 e. The third-order valence-corrected chi connectivity index (χ3v) is 3.14. The molecule has 0 aliphatic rings. The number of anilines is 1. The van der Waals surface area contributed by atoms with Crippen molar-refractivity contribution < 1.29 is 9.90 Å². The fraction of sp³-hybridized carbons (Fsp3) is 0.214. The summed E-state index contributed by atoms with van der Waals surface area (Å²) in [4.78, 5) is 15.8. The second-order valence-electron chi connectivity index (χ2n) is 4.82. The Bertz CT molecular complexity index is 763. The van der Waals surface area contributed by atoms with Crippen LogP contribution in [-0.2, 0) is 6.54 Å². The van der Waals surface area contributed by atoms with Crippen LogP contribution in [0.5, 0.6) is 0 Å². The van der Waals surface area contributed by atoms with E-state index in [2.05, 4.69) is 15.4 Å². The van der Waals surface area contributed by atoms with Gasteiger partial charge in [0.2, 0.25) is 0 Å². The Morgan fingerprint density at radius 1 is 1.38 bits per heavy atom. The molecule has 2 N–H and O–H groups in total. The van der Waals surface area contributed by atoms with E-state index < -0.39 is 5.97 Å². The van der Waals surface area contributed by atoms with E-state index in [9.17, 15) is 9.90 Å². The van der Waals surface area contributed by atoms with Gasteiger partial charge in [-0.2, -0.15) is 5.10 Å². The molecule has 3 aromatic rings. The maximum atomic E-state index is 11.5. The number of imidazole rings is 1. The zero-order valence-electron chi connectivity index (χ0n) is 11.5. The third-order valence-electron chi connectivity index (χ3n) is 3.14. The molecule has 1 unspecified atom stereocenters. The molecule has 0 aromatic carbocycles. The monoisotopic (exact) mass is 285 g/mol. The number of carboxylic acid groups (broad SMARTS) is 1. The van der Waals surface area contributed by atoms with Gasteiger partial charge < -0.3 is 10.4 Å². The van der Waals surface area contributed by atoms with Crippen molar-refractivity contribution in [3.05, 3.63) is 48.5 Å². The van der Waals surface area contributed by atoms with E-state index in [1.165, 1.54) is 0 Å². The van der Waals surface area contributed by atoms with Crippen LogP contribution >= 0.6 is 0 Å². The predicted molar refractivity (Wildman–Crippen MR) is 77.5 cm³/mol. The van der Waals surface area contributed by atoms with Crippen LogP contribution in [0.2, 0.25) is 0 Å². The van der Waals surface area contributed by atoms with E-state index in [4.69, 9.17) is 0 Å². The van der Waals surface area contributed by atoms with Crippen LogP contribution in [0.3, 0.4) is 0 Å². The molecule has 108 valence electrons. The van der Waals surface area contributed by atoms with E-state index in [0.717, 1.165) is 0 Å². The van der Waals surface area contributed by atoms with E-state index in [1.54, 1.807) is 33.6 Å². The van der Waals surface area contributed by atoms with Crippen LogP contribution < -0.4 is 5.32 Å². The van der Waals surface area contributed by atoms with Gasteiger partial charge in [0, 0.05) is 24.6 Å². The number of aromatic carboxylic acids is 1. The number of carboxylic acids is 1. The van der Waals surface area contributed by atoms with Gasteiger partial charge in [0.15, 0.2) is 11.5 Å². The standard InChI is InChI=1S/C14H15N5O2/c1-10(9-18-7-4-6-15-18)16-13-12(14(20)21)19-8-3-2-5-11(19)17-13/h2-8,10,16H,9H2,1H3,(H,20,21). The first-order valence-electron chi connectivity index (χ1n) is 6.59. The Hall–Kier alpha value is -2.83. The highest BCUT2D eigenvalue weighted by Gasteiger charge is 2.19. The minimum atomic E-state index is -1.01. The van der Waals surface area contributed by atoms with Gasteiger partial charge in [-0.25, -0.2) is 9.78 Å². The smallest absolute Gasteiger partial charge is 0.356 e. The fourth-order valence-corrected chi connectivity index (χ4v) is 2.27. The summed E-state index contributed by atoms with van der Waals surface area (Å²) in [5.41, 5.74) is 0.738. The summed E-state index contributed by atoms with van der Waals surface area (Å²) < 4.78 is 3.35. The van der Waals surface area contributed by atoms with Crippen molar-refractivity contribution in [3.63, 3.8) is 0 Å². The molecule has 0 aliphatic carbocycles. The number of nitrogens with zero attached hydrogens (tertiary/aromatic N) is 4. The van der Waals surface area contributed by atoms with Gasteiger partial charge in [0.1, 0.15) is 5.65 Å². The molecule has 0 aliphatic heterocycles. The summed E-state index contributed by atoms with van der Waals surface area (Å²) in [7, 11) is 0. The van der Waals surface area contributed by atoms with Crippen LogP contribution in [0.25, 0.3) is 5.65 Å². The molecule has 0 saturated carbocycles. The van der Waals surface area contributed by atoms with Crippen molar-refractivity contribution >= 4 is 17.4 Å². The van der Waals surface area contributed by atoms with Crippen LogP contribution in [0.4, 0.5) is 5.82 Å². The van der Waals surface area contributed by atoms with Crippen molar-refractivity contribution in [2.24, 2.45) is 0 Å². The van der Waals surface area contributed by atoms with Gasteiger partial charge in [-0.15, -0.1) is 0 Å². The lowest BCUT2D eigenvalue weighted by Crippen LogP contribution is -2.23. The van der Waals surface area contributed by atoms with Crippen LogP contribution in [0, 0.1) is 0 Å². The number of pyridine rings is 1. The minimum absolute atomic E-state index is 0.00656. The second-order valence-corrected chi connectivity index (χ2v) is 4.82. The number of hydrogen-bond acceptors (Lipinski definition) is 4. The Balaban J connectivity index is 1.89. The number of hydrogen-bond donors (Lipinski definition) is 2. The minimum Gasteiger partial charge on any atom is -0.476 e. The van der Waals surface area contributed by atoms with Crippen LogP contribution in [-0.4, -0.2) is 36.3 Å². The van der Waals surface area contributed by atoms with E-state index >= 15 is 0 Å². The van der Waals surface area contributed by atoms with Gasteiger partial charge in [-0.3, -0.25) is 9.08 Å². The number of fused-ring (bicyclic) bond motifs is 1. The molecule has 0 bridgehead atoms. The molecule has 0 amide bonds. The second kappa shape index (κ2) is 5.28. The summed E-state index contributed by atoms with van der Waals surface area (Å²) in [6.07, 6.45) is 5.26. The summed E-state index contributed by atoms with van der Waals surface area (Å²) in [6, 6.07) is 7.21. The van der Waals surface area contributed by atoms with E-state index in [-0.39, 0.29) is 11.7 Å². The molecule has 21 heavy (non-hydrogen) atoms. The van der Waals surface area contributed by atoms with Gasteiger partial charge in [-0.1, -0.05) is 6.07 Å². The maximum absolute atomic E-state index is 11.5. The lowest BCUT2D eigenvalue weighted by atomic mass is 10.3. The van der Waals surface area contributed by atoms with Crippen molar-refractivity contribution in [2.45, 2.75) is 19.5 Å². The topological polar surface area (TPSA) is 84.5 Å². The Morgan fingerprint density at radius 3 is 2.95 bits per heavy atom. The predicted octanol–water partition coefficient (Wildman–Crippen LogP) is 1.73. The van der Waals surface area contributed by atoms with E-state index in [1.807, 2.05) is 25.3 Å². The van der Waals surface area contributed by atoms with Crippen molar-refractivity contribution in [1.82, 2.24) is 19.2 Å². The average Bonchev–Trinajstić information content (AvgIpc) is 3.04. The third kappa shape index (κ3) is 2.58. The summed E-state index contributed by atoms with van der Waals surface area (Å²) in [5.74, 6) is -0.643. The highest BCUT2D eigenvalue weighted by molar-refractivity contribution is 5.93. The number of aromatic nitrogens is 4.